The van der Waals surface area contributed by atoms with Crippen molar-refractivity contribution in [2.75, 3.05) is 31.7 Å². The number of fused-ring (bicyclic) bond motifs is 1. The highest BCUT2D eigenvalue weighted by molar-refractivity contribution is 7.89. The third kappa shape index (κ3) is 4.05. The van der Waals surface area contributed by atoms with Gasteiger partial charge in [-0.3, -0.25) is 9.59 Å². The number of amides is 2. The van der Waals surface area contributed by atoms with Crippen LogP contribution < -0.4 is 10.6 Å². The summed E-state index contributed by atoms with van der Waals surface area (Å²) < 4.78 is 37.8. The van der Waals surface area contributed by atoms with Crippen molar-refractivity contribution in [3.8, 4) is 0 Å². The highest BCUT2D eigenvalue weighted by Crippen LogP contribution is 2.32. The van der Waals surface area contributed by atoms with Gasteiger partial charge in [0.15, 0.2) is 0 Å². The van der Waals surface area contributed by atoms with E-state index in [1.807, 2.05) is 0 Å². The molecule has 126 valence electrons. The van der Waals surface area contributed by atoms with Crippen molar-refractivity contribution in [2.45, 2.75) is 12.3 Å². The molecule has 0 spiro atoms. The molecule has 2 N–H and O–H groups in total. The van der Waals surface area contributed by atoms with Gasteiger partial charge < -0.3 is 10.6 Å². The number of sulfonamides is 1. The molecule has 0 fully saturated rings. The van der Waals surface area contributed by atoms with Crippen LogP contribution in [0.1, 0.15) is 17.9 Å². The first kappa shape index (κ1) is 17.4. The van der Waals surface area contributed by atoms with Crippen molar-refractivity contribution >= 4 is 27.5 Å². The lowest BCUT2D eigenvalue weighted by molar-refractivity contribution is -0.126. The SMILES string of the molecule is CN(C)S(=O)(=O)CCNC(=O)[C@@H]1CC(=O)Nc2ccc(F)cc21. The van der Waals surface area contributed by atoms with E-state index in [4.69, 9.17) is 0 Å². The maximum absolute atomic E-state index is 13.4. The molecule has 0 aliphatic carbocycles. The molecular formula is C14H18FN3O4S. The van der Waals surface area contributed by atoms with E-state index in [1.165, 1.54) is 32.3 Å². The van der Waals surface area contributed by atoms with Crippen molar-refractivity contribution in [3.05, 3.63) is 29.6 Å². The third-order valence-electron chi connectivity index (χ3n) is 3.58. The molecular weight excluding hydrogens is 325 g/mol. The second-order valence-electron chi connectivity index (χ2n) is 5.43. The minimum Gasteiger partial charge on any atom is -0.354 e. The second-order valence-corrected chi connectivity index (χ2v) is 7.73. The van der Waals surface area contributed by atoms with E-state index in [-0.39, 0.29) is 24.6 Å². The zero-order valence-electron chi connectivity index (χ0n) is 12.8. The number of nitrogens with zero attached hydrogens (tertiary/aromatic N) is 1. The molecule has 1 aromatic carbocycles. The zero-order valence-corrected chi connectivity index (χ0v) is 13.6. The maximum Gasteiger partial charge on any atom is 0.228 e. The summed E-state index contributed by atoms with van der Waals surface area (Å²) in [5.74, 6) is -2.43. The summed E-state index contributed by atoms with van der Waals surface area (Å²) in [4.78, 5) is 23.9. The molecule has 1 atom stereocenters. The lowest BCUT2D eigenvalue weighted by atomic mass is 9.89. The Hall–Kier alpha value is -2.00. The van der Waals surface area contributed by atoms with Gasteiger partial charge in [-0.2, -0.15) is 0 Å². The molecule has 0 unspecified atom stereocenters. The molecule has 1 aromatic rings. The Labute approximate surface area is 133 Å². The molecule has 0 saturated heterocycles. The topological polar surface area (TPSA) is 95.6 Å². The number of anilines is 1. The maximum atomic E-state index is 13.4. The predicted molar refractivity (Wildman–Crippen MR) is 82.9 cm³/mol. The largest absolute Gasteiger partial charge is 0.354 e. The van der Waals surface area contributed by atoms with Crippen LogP contribution in [-0.4, -0.2) is 50.9 Å². The van der Waals surface area contributed by atoms with Crippen LogP contribution in [0.15, 0.2) is 18.2 Å². The Kier molecular flexibility index (Phi) is 5.00. The van der Waals surface area contributed by atoms with Crippen LogP contribution in [0.25, 0.3) is 0 Å². The van der Waals surface area contributed by atoms with E-state index in [0.717, 1.165) is 4.31 Å². The summed E-state index contributed by atoms with van der Waals surface area (Å²) in [7, 11) is -0.614. The lowest BCUT2D eigenvalue weighted by Crippen LogP contribution is -2.38. The van der Waals surface area contributed by atoms with Crippen molar-refractivity contribution < 1.29 is 22.4 Å². The first-order valence-electron chi connectivity index (χ1n) is 6.98. The van der Waals surface area contributed by atoms with Crippen LogP contribution in [0.5, 0.6) is 0 Å². The van der Waals surface area contributed by atoms with E-state index in [1.54, 1.807) is 0 Å². The van der Waals surface area contributed by atoms with Crippen LogP contribution in [0.4, 0.5) is 10.1 Å². The van der Waals surface area contributed by atoms with Gasteiger partial charge in [-0.15, -0.1) is 0 Å². The lowest BCUT2D eigenvalue weighted by Gasteiger charge is -2.25. The second kappa shape index (κ2) is 6.63. The first-order valence-corrected chi connectivity index (χ1v) is 8.59. The molecule has 0 bridgehead atoms. The Morgan fingerprint density at radius 3 is 2.78 bits per heavy atom. The summed E-state index contributed by atoms with van der Waals surface area (Å²) >= 11 is 0. The molecule has 1 aliphatic heterocycles. The summed E-state index contributed by atoms with van der Waals surface area (Å²) in [6, 6.07) is 3.80. The van der Waals surface area contributed by atoms with Crippen molar-refractivity contribution in [2.24, 2.45) is 0 Å². The monoisotopic (exact) mass is 343 g/mol. The first-order chi connectivity index (χ1) is 10.7. The van der Waals surface area contributed by atoms with E-state index in [2.05, 4.69) is 10.6 Å². The highest BCUT2D eigenvalue weighted by Gasteiger charge is 2.31. The van der Waals surface area contributed by atoms with Gasteiger partial charge in [0.05, 0.1) is 11.7 Å². The highest BCUT2D eigenvalue weighted by atomic mass is 32.2. The number of carbonyl (C=O) groups excluding carboxylic acids is 2. The molecule has 7 nitrogen and oxygen atoms in total. The molecule has 0 saturated carbocycles. The molecule has 2 rings (SSSR count). The van der Waals surface area contributed by atoms with Gasteiger partial charge in [-0.25, -0.2) is 17.1 Å². The molecule has 23 heavy (non-hydrogen) atoms. The number of hydrogen-bond acceptors (Lipinski definition) is 4. The Morgan fingerprint density at radius 2 is 2.13 bits per heavy atom. The minimum absolute atomic E-state index is 0.0812. The van der Waals surface area contributed by atoms with Crippen LogP contribution >= 0.6 is 0 Å². The van der Waals surface area contributed by atoms with Gasteiger partial charge >= 0.3 is 0 Å². The standard InChI is InChI=1S/C14H18FN3O4S/c1-18(2)23(21,22)6-5-16-14(20)11-8-13(19)17-12-4-3-9(15)7-10(11)12/h3-4,7,11H,5-6,8H2,1-2H3,(H,16,20)(H,17,19)/t11-/m1/s1. The van der Waals surface area contributed by atoms with Crippen LogP contribution in [0, 0.1) is 5.82 Å². The molecule has 1 aliphatic rings. The third-order valence-corrected chi connectivity index (χ3v) is 5.42. The average molecular weight is 343 g/mol. The van der Waals surface area contributed by atoms with Gasteiger partial charge in [-0.1, -0.05) is 0 Å². The molecule has 1 heterocycles. The normalized spacial score (nSPS) is 17.6. The number of nitrogens with one attached hydrogen (secondary N) is 2. The van der Waals surface area contributed by atoms with Crippen molar-refractivity contribution in [1.29, 1.82) is 0 Å². The Bertz CT molecular complexity index is 734. The average Bonchev–Trinajstić information content (AvgIpc) is 2.46. The number of halogens is 1. The number of benzene rings is 1. The summed E-state index contributed by atoms with van der Waals surface area (Å²) in [6.07, 6.45) is -0.108. The quantitative estimate of drug-likeness (QED) is 0.802. The van der Waals surface area contributed by atoms with Gasteiger partial charge in [0, 0.05) is 32.7 Å². The number of rotatable bonds is 5. The fourth-order valence-electron chi connectivity index (χ4n) is 2.28. The van der Waals surface area contributed by atoms with Crippen molar-refractivity contribution in [1.82, 2.24) is 9.62 Å². The summed E-state index contributed by atoms with van der Waals surface area (Å²) in [6.45, 7) is -0.0812. The minimum atomic E-state index is -3.42. The molecule has 0 radical (unpaired) electrons. The summed E-state index contributed by atoms with van der Waals surface area (Å²) in [5, 5.41) is 5.08. The van der Waals surface area contributed by atoms with E-state index >= 15 is 0 Å². The van der Waals surface area contributed by atoms with Crippen LogP contribution in [-0.2, 0) is 19.6 Å². The van der Waals surface area contributed by atoms with Gasteiger partial charge in [0.1, 0.15) is 5.82 Å². The fraction of sp³-hybridized carbons (Fsp3) is 0.429. The van der Waals surface area contributed by atoms with Gasteiger partial charge in [0.2, 0.25) is 21.8 Å². The predicted octanol–water partition coefficient (Wildman–Crippen LogP) is 0.259. The van der Waals surface area contributed by atoms with Gasteiger partial charge in [0.25, 0.3) is 0 Å². The van der Waals surface area contributed by atoms with Crippen LogP contribution in [0.3, 0.4) is 0 Å². The Balaban J connectivity index is 2.09. The van der Waals surface area contributed by atoms with E-state index in [0.29, 0.717) is 11.3 Å². The molecule has 2 amide bonds. The van der Waals surface area contributed by atoms with Crippen molar-refractivity contribution in [3.63, 3.8) is 0 Å². The van der Waals surface area contributed by atoms with E-state index in [9.17, 15) is 22.4 Å². The number of hydrogen-bond donors (Lipinski definition) is 2. The van der Waals surface area contributed by atoms with Gasteiger partial charge in [-0.05, 0) is 23.8 Å². The summed E-state index contributed by atoms with van der Waals surface area (Å²) in [5.41, 5.74) is 0.779. The van der Waals surface area contributed by atoms with Crippen LogP contribution in [0.2, 0.25) is 0 Å². The Morgan fingerprint density at radius 1 is 1.43 bits per heavy atom. The molecule has 0 aromatic heterocycles. The van der Waals surface area contributed by atoms with E-state index < -0.39 is 27.7 Å². The molecule has 9 heteroatoms. The smallest absolute Gasteiger partial charge is 0.228 e. The zero-order chi connectivity index (χ0) is 17.2. The number of carbonyl (C=O) groups is 2. The fourth-order valence-corrected chi connectivity index (χ4v) is 3.00.